The predicted octanol–water partition coefficient (Wildman–Crippen LogP) is 3.53. The fraction of sp³-hybridized carbons (Fsp3) is 0.500. The molecule has 1 heterocycles. The number of rotatable bonds is 3. The first-order valence-corrected chi connectivity index (χ1v) is 6.28. The van der Waals surface area contributed by atoms with E-state index >= 15 is 0 Å². The number of aryl methyl sites for hydroxylation is 1. The molecule has 17 heavy (non-hydrogen) atoms. The summed E-state index contributed by atoms with van der Waals surface area (Å²) in [5, 5.41) is 0. The average molecular weight is 231 g/mol. The molecule has 2 unspecified atom stereocenters. The Morgan fingerprint density at radius 1 is 1.35 bits per heavy atom. The summed E-state index contributed by atoms with van der Waals surface area (Å²) in [6.45, 7) is 8.84. The smallest absolute Gasteiger partial charge is 0.106 e. The highest BCUT2D eigenvalue weighted by molar-refractivity contribution is 5.79. The van der Waals surface area contributed by atoms with Crippen LogP contribution in [0.3, 0.4) is 0 Å². The Labute approximate surface area is 103 Å². The molecule has 0 saturated heterocycles. The summed E-state index contributed by atoms with van der Waals surface area (Å²) in [7, 11) is 0. The van der Waals surface area contributed by atoms with Gasteiger partial charge < -0.3 is 10.3 Å². The van der Waals surface area contributed by atoms with Gasteiger partial charge in [0, 0.05) is 11.7 Å². The van der Waals surface area contributed by atoms with Crippen molar-refractivity contribution < 1.29 is 0 Å². The first-order valence-electron chi connectivity index (χ1n) is 6.28. The minimum Gasteiger partial charge on any atom is -0.399 e. The molecule has 0 aliphatic carbocycles. The number of fused-ring (bicyclic) bond motifs is 1. The highest BCUT2D eigenvalue weighted by Crippen LogP contribution is 2.28. The molecule has 2 N–H and O–H groups in total. The number of hydrogen-bond donors (Lipinski definition) is 1. The molecule has 0 fully saturated rings. The van der Waals surface area contributed by atoms with Gasteiger partial charge in [-0.1, -0.05) is 20.3 Å². The molecular formula is C14H21N3. The number of imidazole rings is 1. The largest absolute Gasteiger partial charge is 0.399 e. The van der Waals surface area contributed by atoms with Crippen LogP contribution in [0.4, 0.5) is 5.69 Å². The molecule has 1 aromatic heterocycles. The maximum absolute atomic E-state index is 5.80. The van der Waals surface area contributed by atoms with E-state index in [1.165, 1.54) is 11.9 Å². The van der Waals surface area contributed by atoms with Gasteiger partial charge in [0.05, 0.1) is 11.0 Å². The van der Waals surface area contributed by atoms with Gasteiger partial charge in [-0.15, -0.1) is 0 Å². The van der Waals surface area contributed by atoms with Gasteiger partial charge in [0.1, 0.15) is 5.82 Å². The van der Waals surface area contributed by atoms with E-state index in [4.69, 9.17) is 5.73 Å². The first-order chi connectivity index (χ1) is 8.04. The SMILES string of the molecule is CCC(C)C(C)n1c(C)nc2cc(N)ccc21. The Balaban J connectivity index is 2.57. The first kappa shape index (κ1) is 12.0. The molecule has 92 valence electrons. The third kappa shape index (κ3) is 2.02. The zero-order valence-corrected chi connectivity index (χ0v) is 11.1. The van der Waals surface area contributed by atoms with Crippen LogP contribution in [0, 0.1) is 12.8 Å². The van der Waals surface area contributed by atoms with Gasteiger partial charge in [0.25, 0.3) is 0 Å². The normalized spacial score (nSPS) is 15.1. The van der Waals surface area contributed by atoms with Gasteiger partial charge in [0.15, 0.2) is 0 Å². The van der Waals surface area contributed by atoms with Gasteiger partial charge in [-0.3, -0.25) is 0 Å². The van der Waals surface area contributed by atoms with Crippen LogP contribution >= 0.6 is 0 Å². The Morgan fingerprint density at radius 3 is 2.71 bits per heavy atom. The predicted molar refractivity (Wildman–Crippen MR) is 73.0 cm³/mol. The molecule has 3 nitrogen and oxygen atoms in total. The molecule has 2 atom stereocenters. The molecular weight excluding hydrogens is 210 g/mol. The Bertz CT molecular complexity index is 527. The number of benzene rings is 1. The van der Waals surface area contributed by atoms with Crippen LogP contribution in [0.5, 0.6) is 0 Å². The summed E-state index contributed by atoms with van der Waals surface area (Å²) in [6.07, 6.45) is 1.18. The van der Waals surface area contributed by atoms with Crippen molar-refractivity contribution in [3.05, 3.63) is 24.0 Å². The third-order valence-corrected chi connectivity index (χ3v) is 3.76. The second kappa shape index (κ2) is 4.40. The van der Waals surface area contributed by atoms with Crippen LogP contribution < -0.4 is 5.73 Å². The van der Waals surface area contributed by atoms with Crippen molar-refractivity contribution in [1.29, 1.82) is 0 Å². The number of nitrogens with two attached hydrogens (primary N) is 1. The van der Waals surface area contributed by atoms with Crippen LogP contribution in [0.15, 0.2) is 18.2 Å². The third-order valence-electron chi connectivity index (χ3n) is 3.76. The molecule has 0 aliphatic rings. The minimum absolute atomic E-state index is 0.466. The summed E-state index contributed by atoms with van der Waals surface area (Å²) >= 11 is 0. The number of nitrogens with zero attached hydrogens (tertiary/aromatic N) is 2. The lowest BCUT2D eigenvalue weighted by molar-refractivity contribution is 0.372. The average Bonchev–Trinajstić information content (AvgIpc) is 2.62. The van der Waals surface area contributed by atoms with E-state index < -0.39 is 0 Å². The summed E-state index contributed by atoms with van der Waals surface area (Å²) < 4.78 is 2.32. The summed E-state index contributed by atoms with van der Waals surface area (Å²) in [6, 6.07) is 6.43. The molecule has 2 aromatic rings. The molecule has 0 spiro atoms. The fourth-order valence-corrected chi connectivity index (χ4v) is 2.35. The van der Waals surface area contributed by atoms with Crippen LogP contribution in [0.1, 0.15) is 39.1 Å². The summed E-state index contributed by atoms with van der Waals surface area (Å²) in [5.74, 6) is 1.71. The second-order valence-electron chi connectivity index (χ2n) is 4.90. The van der Waals surface area contributed by atoms with Crippen LogP contribution in [0.2, 0.25) is 0 Å². The van der Waals surface area contributed by atoms with Crippen molar-refractivity contribution >= 4 is 16.7 Å². The van der Waals surface area contributed by atoms with E-state index in [1.807, 2.05) is 12.1 Å². The lowest BCUT2D eigenvalue weighted by Gasteiger charge is -2.22. The van der Waals surface area contributed by atoms with E-state index in [0.29, 0.717) is 12.0 Å². The van der Waals surface area contributed by atoms with E-state index in [0.717, 1.165) is 17.0 Å². The molecule has 1 aromatic carbocycles. The Hall–Kier alpha value is -1.51. The highest BCUT2D eigenvalue weighted by atomic mass is 15.1. The quantitative estimate of drug-likeness (QED) is 0.821. The highest BCUT2D eigenvalue weighted by Gasteiger charge is 2.17. The van der Waals surface area contributed by atoms with Crippen molar-refractivity contribution in [3.63, 3.8) is 0 Å². The monoisotopic (exact) mass is 231 g/mol. The number of nitrogen functional groups attached to an aromatic ring is 1. The van der Waals surface area contributed by atoms with E-state index in [-0.39, 0.29) is 0 Å². The standard InChI is InChI=1S/C14H21N3/c1-5-9(2)10(3)17-11(4)16-13-8-12(15)6-7-14(13)17/h6-10H,5,15H2,1-4H3. The van der Waals surface area contributed by atoms with E-state index in [1.54, 1.807) is 0 Å². The molecule has 0 bridgehead atoms. The topological polar surface area (TPSA) is 43.8 Å². The maximum Gasteiger partial charge on any atom is 0.106 e. The maximum atomic E-state index is 5.80. The summed E-state index contributed by atoms with van der Waals surface area (Å²) in [4.78, 5) is 4.59. The Morgan fingerprint density at radius 2 is 2.06 bits per heavy atom. The van der Waals surface area contributed by atoms with Crippen molar-refractivity contribution in [2.24, 2.45) is 5.92 Å². The van der Waals surface area contributed by atoms with Gasteiger partial charge >= 0.3 is 0 Å². The zero-order chi connectivity index (χ0) is 12.6. The van der Waals surface area contributed by atoms with Gasteiger partial charge in [-0.25, -0.2) is 4.98 Å². The minimum atomic E-state index is 0.466. The van der Waals surface area contributed by atoms with Crippen LogP contribution in [-0.2, 0) is 0 Å². The van der Waals surface area contributed by atoms with Crippen molar-refractivity contribution in [3.8, 4) is 0 Å². The number of aromatic nitrogens is 2. The zero-order valence-electron chi connectivity index (χ0n) is 11.1. The van der Waals surface area contributed by atoms with Crippen LogP contribution in [-0.4, -0.2) is 9.55 Å². The van der Waals surface area contributed by atoms with Gasteiger partial charge in [-0.05, 0) is 38.0 Å². The van der Waals surface area contributed by atoms with Gasteiger partial charge in [0.2, 0.25) is 0 Å². The van der Waals surface area contributed by atoms with Gasteiger partial charge in [-0.2, -0.15) is 0 Å². The lowest BCUT2D eigenvalue weighted by Crippen LogP contribution is -2.14. The van der Waals surface area contributed by atoms with E-state index in [9.17, 15) is 0 Å². The van der Waals surface area contributed by atoms with Crippen LogP contribution in [0.25, 0.3) is 11.0 Å². The molecule has 2 rings (SSSR count). The van der Waals surface area contributed by atoms with Crippen molar-refractivity contribution in [2.45, 2.75) is 40.2 Å². The molecule has 0 aliphatic heterocycles. The molecule has 0 radical (unpaired) electrons. The molecule has 3 heteroatoms. The molecule has 0 amide bonds. The van der Waals surface area contributed by atoms with E-state index in [2.05, 4.69) is 43.3 Å². The second-order valence-corrected chi connectivity index (χ2v) is 4.90. The Kier molecular flexibility index (Phi) is 3.09. The number of hydrogen-bond acceptors (Lipinski definition) is 2. The number of anilines is 1. The molecule has 0 saturated carbocycles. The lowest BCUT2D eigenvalue weighted by atomic mass is 10.0. The van der Waals surface area contributed by atoms with Crippen molar-refractivity contribution in [1.82, 2.24) is 9.55 Å². The fourth-order valence-electron chi connectivity index (χ4n) is 2.35. The summed E-state index contributed by atoms with van der Waals surface area (Å²) in [5.41, 5.74) is 8.75. The van der Waals surface area contributed by atoms with Crippen molar-refractivity contribution in [2.75, 3.05) is 5.73 Å².